The fraction of sp³-hybridized carbons (Fsp3) is 0.652. The standard InChI is InChI=1S/C23H31F3N4O5S/c1-35-19-14-29(15-19)36(33,34)28-10-2-4-17(13-28)22(32)30-11-3-5-20(30)21(31)27-12-16-6-8-18(9-7-16)23(24,25)26/h6-9,17,19-20H,2-5,10-15H2,1H3,(H,27,31)/t17-,20+/m0/s1. The van der Waals surface area contributed by atoms with E-state index in [0.717, 1.165) is 12.1 Å². The second kappa shape index (κ2) is 10.6. The van der Waals surface area contributed by atoms with Crippen LogP contribution >= 0.6 is 0 Å². The first-order chi connectivity index (χ1) is 17.0. The second-order valence-corrected chi connectivity index (χ2v) is 11.4. The van der Waals surface area contributed by atoms with Gasteiger partial charge in [-0.25, -0.2) is 0 Å². The molecular formula is C23H31F3N4O5S. The highest BCUT2D eigenvalue weighted by Gasteiger charge is 2.44. The predicted octanol–water partition coefficient (Wildman–Crippen LogP) is 1.60. The first kappa shape index (κ1) is 26.8. The first-order valence-corrected chi connectivity index (χ1v) is 13.4. The lowest BCUT2D eigenvalue weighted by Crippen LogP contribution is -2.60. The first-order valence-electron chi connectivity index (χ1n) is 12.0. The summed E-state index contributed by atoms with van der Waals surface area (Å²) in [6.45, 7) is 1.46. The molecule has 3 saturated heterocycles. The van der Waals surface area contributed by atoms with Gasteiger partial charge in [0.05, 0.1) is 17.6 Å². The largest absolute Gasteiger partial charge is 0.416 e. The van der Waals surface area contributed by atoms with E-state index < -0.39 is 33.9 Å². The molecule has 0 aromatic heterocycles. The molecule has 200 valence electrons. The Kier molecular flexibility index (Phi) is 7.93. The molecule has 1 N–H and O–H groups in total. The number of benzene rings is 1. The van der Waals surface area contributed by atoms with Gasteiger partial charge in [0.15, 0.2) is 0 Å². The van der Waals surface area contributed by atoms with Gasteiger partial charge < -0.3 is 15.0 Å². The van der Waals surface area contributed by atoms with Crippen LogP contribution in [0.4, 0.5) is 13.2 Å². The number of halogens is 3. The Morgan fingerprint density at radius 3 is 2.33 bits per heavy atom. The normalized spacial score (nSPS) is 24.5. The minimum Gasteiger partial charge on any atom is -0.379 e. The highest BCUT2D eigenvalue weighted by atomic mass is 32.2. The minimum atomic E-state index is -4.43. The maximum atomic E-state index is 13.3. The lowest BCUT2D eigenvalue weighted by atomic mass is 9.97. The number of nitrogens with one attached hydrogen (secondary N) is 1. The second-order valence-electron chi connectivity index (χ2n) is 9.48. The number of likely N-dealkylation sites (tertiary alicyclic amines) is 1. The van der Waals surface area contributed by atoms with Crippen molar-refractivity contribution in [2.45, 2.75) is 50.6 Å². The molecule has 0 aliphatic carbocycles. The molecule has 4 rings (SSSR count). The van der Waals surface area contributed by atoms with Gasteiger partial charge in [-0.3, -0.25) is 9.59 Å². The Morgan fingerprint density at radius 2 is 1.69 bits per heavy atom. The summed E-state index contributed by atoms with van der Waals surface area (Å²) in [6.07, 6.45) is -2.33. The number of methoxy groups -OCH3 is 1. The molecule has 36 heavy (non-hydrogen) atoms. The zero-order chi connectivity index (χ0) is 26.1. The van der Waals surface area contributed by atoms with Crippen LogP contribution < -0.4 is 5.32 Å². The molecule has 0 spiro atoms. The third-order valence-corrected chi connectivity index (χ3v) is 9.06. The Labute approximate surface area is 208 Å². The van der Waals surface area contributed by atoms with Gasteiger partial charge in [0.1, 0.15) is 6.04 Å². The van der Waals surface area contributed by atoms with E-state index in [4.69, 9.17) is 4.74 Å². The van der Waals surface area contributed by atoms with Crippen molar-refractivity contribution in [3.8, 4) is 0 Å². The Balaban J connectivity index is 1.33. The maximum absolute atomic E-state index is 13.3. The summed E-state index contributed by atoms with van der Waals surface area (Å²) >= 11 is 0. The van der Waals surface area contributed by atoms with Crippen LogP contribution in [0.3, 0.4) is 0 Å². The van der Waals surface area contributed by atoms with Crippen molar-refractivity contribution in [3.05, 3.63) is 35.4 Å². The van der Waals surface area contributed by atoms with Crippen molar-refractivity contribution in [3.63, 3.8) is 0 Å². The number of rotatable bonds is 7. The van der Waals surface area contributed by atoms with E-state index in [1.54, 1.807) is 0 Å². The molecule has 0 radical (unpaired) electrons. The summed E-state index contributed by atoms with van der Waals surface area (Å²) in [5.41, 5.74) is -0.247. The molecule has 2 amide bonds. The monoisotopic (exact) mass is 532 g/mol. The zero-order valence-corrected chi connectivity index (χ0v) is 20.9. The van der Waals surface area contributed by atoms with E-state index in [2.05, 4.69) is 5.32 Å². The third-order valence-electron chi connectivity index (χ3n) is 7.12. The maximum Gasteiger partial charge on any atom is 0.416 e. The number of amides is 2. The molecule has 1 aromatic carbocycles. The Bertz CT molecular complexity index is 1060. The molecule has 13 heteroatoms. The number of nitrogens with zero attached hydrogens (tertiary/aromatic N) is 3. The average Bonchev–Trinajstić information content (AvgIpc) is 3.31. The summed E-state index contributed by atoms with van der Waals surface area (Å²) in [5.74, 6) is -1.14. The van der Waals surface area contributed by atoms with Gasteiger partial charge in [-0.15, -0.1) is 0 Å². The van der Waals surface area contributed by atoms with Crippen molar-refractivity contribution in [2.24, 2.45) is 5.92 Å². The van der Waals surface area contributed by atoms with Crippen molar-refractivity contribution >= 4 is 22.0 Å². The molecule has 0 bridgehead atoms. The van der Waals surface area contributed by atoms with Gasteiger partial charge in [0.2, 0.25) is 11.8 Å². The lowest BCUT2D eigenvalue weighted by Gasteiger charge is -2.42. The summed E-state index contributed by atoms with van der Waals surface area (Å²) in [4.78, 5) is 27.7. The molecular weight excluding hydrogens is 501 g/mol. The van der Waals surface area contributed by atoms with Gasteiger partial charge in [0.25, 0.3) is 10.2 Å². The SMILES string of the molecule is COC1CN(S(=O)(=O)N2CCC[C@H](C(=O)N3CCC[C@@H]3C(=O)NCc3ccc(C(F)(F)F)cc3)C2)C1. The highest BCUT2D eigenvalue weighted by molar-refractivity contribution is 7.86. The number of carbonyl (C=O) groups excluding carboxylic acids is 2. The average molecular weight is 533 g/mol. The Hall–Kier alpha value is -2.22. The summed E-state index contributed by atoms with van der Waals surface area (Å²) in [5, 5.41) is 2.72. The molecule has 1 aromatic rings. The van der Waals surface area contributed by atoms with Crippen molar-refractivity contribution in [2.75, 3.05) is 39.8 Å². The molecule has 3 heterocycles. The number of ether oxygens (including phenoxy) is 1. The number of hydrogen-bond donors (Lipinski definition) is 1. The molecule has 0 unspecified atom stereocenters. The summed E-state index contributed by atoms with van der Waals surface area (Å²) < 4.78 is 71.9. The molecule has 9 nitrogen and oxygen atoms in total. The highest BCUT2D eigenvalue weighted by Crippen LogP contribution is 2.30. The van der Waals surface area contributed by atoms with Crippen LogP contribution in [-0.4, -0.2) is 85.7 Å². The van der Waals surface area contributed by atoms with Crippen LogP contribution in [0.15, 0.2) is 24.3 Å². The topological polar surface area (TPSA) is 99.3 Å². The van der Waals surface area contributed by atoms with Crippen LogP contribution in [0.1, 0.15) is 36.8 Å². The van der Waals surface area contributed by atoms with Crippen LogP contribution in [0.5, 0.6) is 0 Å². The fourth-order valence-corrected chi connectivity index (χ4v) is 6.68. The summed E-state index contributed by atoms with van der Waals surface area (Å²) in [7, 11) is -2.14. The molecule has 2 atom stereocenters. The molecule has 3 fully saturated rings. The van der Waals surface area contributed by atoms with E-state index in [9.17, 15) is 31.2 Å². The number of piperidine rings is 1. The van der Waals surface area contributed by atoms with Gasteiger partial charge >= 0.3 is 6.18 Å². The van der Waals surface area contributed by atoms with Crippen molar-refractivity contribution in [1.82, 2.24) is 18.8 Å². The van der Waals surface area contributed by atoms with Crippen LogP contribution in [-0.2, 0) is 37.3 Å². The number of hydrogen-bond acceptors (Lipinski definition) is 5. The number of carbonyl (C=O) groups is 2. The van der Waals surface area contributed by atoms with Gasteiger partial charge in [-0.1, -0.05) is 12.1 Å². The molecule has 3 aliphatic heterocycles. The zero-order valence-electron chi connectivity index (χ0n) is 20.0. The van der Waals surface area contributed by atoms with Gasteiger partial charge in [-0.2, -0.15) is 30.2 Å². The minimum absolute atomic E-state index is 0.0449. The Morgan fingerprint density at radius 1 is 1.03 bits per heavy atom. The molecule has 0 saturated carbocycles. The smallest absolute Gasteiger partial charge is 0.379 e. The quantitative estimate of drug-likeness (QED) is 0.575. The van der Waals surface area contributed by atoms with E-state index in [-0.39, 0.29) is 31.0 Å². The van der Waals surface area contributed by atoms with E-state index in [1.807, 2.05) is 0 Å². The van der Waals surface area contributed by atoms with E-state index >= 15 is 0 Å². The lowest BCUT2D eigenvalue weighted by molar-refractivity contribution is -0.142. The van der Waals surface area contributed by atoms with Crippen LogP contribution in [0.2, 0.25) is 0 Å². The summed E-state index contributed by atoms with van der Waals surface area (Å²) in [6, 6.07) is 3.86. The van der Waals surface area contributed by atoms with Crippen LogP contribution in [0.25, 0.3) is 0 Å². The predicted molar refractivity (Wildman–Crippen MR) is 124 cm³/mol. The van der Waals surface area contributed by atoms with Crippen molar-refractivity contribution < 1.29 is 35.9 Å². The van der Waals surface area contributed by atoms with Crippen molar-refractivity contribution in [1.29, 1.82) is 0 Å². The van der Waals surface area contributed by atoms with Gasteiger partial charge in [0, 0.05) is 46.4 Å². The van der Waals surface area contributed by atoms with E-state index in [0.29, 0.717) is 57.4 Å². The van der Waals surface area contributed by atoms with Gasteiger partial charge in [-0.05, 0) is 43.4 Å². The van der Waals surface area contributed by atoms with E-state index in [1.165, 1.54) is 32.8 Å². The fourth-order valence-electron chi connectivity index (χ4n) is 4.91. The molecule has 3 aliphatic rings. The third kappa shape index (κ3) is 5.68. The van der Waals surface area contributed by atoms with Crippen LogP contribution in [0, 0.1) is 5.92 Å². The number of alkyl halides is 3.